The largest absolute Gasteiger partial charge is 0.481 e. The van der Waals surface area contributed by atoms with Crippen LogP contribution >= 0.6 is 0 Å². The zero-order valence-corrected chi connectivity index (χ0v) is 14.2. The topological polar surface area (TPSA) is 92.9 Å². The van der Waals surface area contributed by atoms with Crippen molar-refractivity contribution in [3.05, 3.63) is 59.7 Å². The predicted molar refractivity (Wildman–Crippen MR) is 95.7 cm³/mol. The Bertz CT molecular complexity index is 821. The van der Waals surface area contributed by atoms with Crippen LogP contribution in [0.1, 0.15) is 17.0 Å². The molecular formula is C20H20N2O4. The summed E-state index contributed by atoms with van der Waals surface area (Å²) in [6.07, 6.45) is -0.508. The number of carboxylic acids is 1. The number of amides is 1. The fraction of sp³-hybridized carbons (Fsp3) is 0.300. The molecule has 6 nitrogen and oxygen atoms in total. The lowest BCUT2D eigenvalue weighted by atomic mass is 9.98. The minimum Gasteiger partial charge on any atom is -0.481 e. The predicted octanol–water partition coefficient (Wildman–Crippen LogP) is 2.28. The molecule has 1 aliphatic carbocycles. The minimum atomic E-state index is -0.980. The molecular weight excluding hydrogens is 332 g/mol. The average molecular weight is 352 g/mol. The molecule has 4 rings (SSSR count). The average Bonchev–Trinajstić information content (AvgIpc) is 3.18. The van der Waals surface area contributed by atoms with Gasteiger partial charge in [-0.3, -0.25) is 4.79 Å². The molecule has 2 aliphatic rings. The van der Waals surface area contributed by atoms with Crippen LogP contribution in [0.4, 0.5) is 4.79 Å². The van der Waals surface area contributed by atoms with E-state index in [0.29, 0.717) is 0 Å². The number of fused-ring (bicyclic) bond motifs is 3. The van der Waals surface area contributed by atoms with E-state index in [2.05, 4.69) is 24.3 Å². The third-order valence-corrected chi connectivity index (χ3v) is 5.28. The van der Waals surface area contributed by atoms with Crippen molar-refractivity contribution in [2.24, 2.45) is 11.7 Å². The van der Waals surface area contributed by atoms with Crippen LogP contribution in [-0.4, -0.2) is 47.8 Å². The Balaban J connectivity index is 1.49. The highest BCUT2D eigenvalue weighted by molar-refractivity contribution is 5.79. The van der Waals surface area contributed by atoms with Gasteiger partial charge in [0, 0.05) is 25.0 Å². The molecule has 0 radical (unpaired) electrons. The van der Waals surface area contributed by atoms with E-state index in [4.69, 9.17) is 15.6 Å². The Morgan fingerprint density at radius 2 is 1.62 bits per heavy atom. The molecule has 2 atom stereocenters. The fourth-order valence-electron chi connectivity index (χ4n) is 3.92. The normalized spacial score (nSPS) is 21.3. The molecule has 1 heterocycles. The standard InChI is InChI=1S/C20H20N2O4/c21-18-10-22(9-16(18)19(23)24)20(25)26-11-17-14-7-3-1-5-12(14)13-6-2-4-8-15(13)17/h1-8,16-18H,9-11,21H2,(H,23,24)/t16?,18-/m1/s1. The maximum absolute atomic E-state index is 12.4. The molecule has 6 heteroatoms. The summed E-state index contributed by atoms with van der Waals surface area (Å²) in [4.78, 5) is 24.9. The van der Waals surface area contributed by atoms with Gasteiger partial charge in [-0.15, -0.1) is 0 Å². The lowest BCUT2D eigenvalue weighted by Gasteiger charge is -2.19. The van der Waals surface area contributed by atoms with Gasteiger partial charge in [-0.2, -0.15) is 0 Å². The van der Waals surface area contributed by atoms with Crippen LogP contribution in [0.3, 0.4) is 0 Å². The second-order valence-corrected chi connectivity index (χ2v) is 6.82. The summed E-state index contributed by atoms with van der Waals surface area (Å²) in [6, 6.07) is 15.7. The van der Waals surface area contributed by atoms with Crippen LogP contribution in [0.25, 0.3) is 11.1 Å². The third kappa shape index (κ3) is 2.72. The summed E-state index contributed by atoms with van der Waals surface area (Å²) in [5.74, 6) is -1.74. The van der Waals surface area contributed by atoms with E-state index in [0.717, 1.165) is 11.1 Å². The van der Waals surface area contributed by atoms with Crippen molar-refractivity contribution in [2.75, 3.05) is 19.7 Å². The van der Waals surface area contributed by atoms with Crippen LogP contribution in [-0.2, 0) is 9.53 Å². The highest BCUT2D eigenvalue weighted by Crippen LogP contribution is 2.44. The molecule has 1 amide bonds. The summed E-state index contributed by atoms with van der Waals surface area (Å²) in [5, 5.41) is 9.15. The second kappa shape index (κ2) is 6.46. The van der Waals surface area contributed by atoms with Gasteiger partial charge in [-0.1, -0.05) is 48.5 Å². The first-order valence-corrected chi connectivity index (χ1v) is 8.64. The van der Waals surface area contributed by atoms with Gasteiger partial charge in [-0.05, 0) is 22.3 Å². The number of hydrogen-bond donors (Lipinski definition) is 2. The van der Waals surface area contributed by atoms with Gasteiger partial charge in [0.05, 0.1) is 5.92 Å². The molecule has 0 aromatic heterocycles. The molecule has 0 spiro atoms. The Hall–Kier alpha value is -2.86. The molecule has 134 valence electrons. The number of carboxylic acid groups (broad SMARTS) is 1. The molecule has 0 saturated carbocycles. The van der Waals surface area contributed by atoms with Gasteiger partial charge in [0.15, 0.2) is 0 Å². The molecule has 1 unspecified atom stereocenters. The van der Waals surface area contributed by atoms with Gasteiger partial charge >= 0.3 is 12.1 Å². The quantitative estimate of drug-likeness (QED) is 0.884. The van der Waals surface area contributed by atoms with Crippen molar-refractivity contribution < 1.29 is 19.4 Å². The monoisotopic (exact) mass is 352 g/mol. The number of nitrogens with two attached hydrogens (primary N) is 1. The van der Waals surface area contributed by atoms with Crippen molar-refractivity contribution in [1.82, 2.24) is 4.90 Å². The van der Waals surface area contributed by atoms with Crippen LogP contribution in [0.15, 0.2) is 48.5 Å². The molecule has 2 aromatic rings. The number of rotatable bonds is 3. The number of likely N-dealkylation sites (tertiary alicyclic amines) is 1. The molecule has 3 N–H and O–H groups in total. The Labute approximate surface area is 151 Å². The Morgan fingerprint density at radius 3 is 2.15 bits per heavy atom. The van der Waals surface area contributed by atoms with Gasteiger partial charge in [-0.25, -0.2) is 4.79 Å². The lowest BCUT2D eigenvalue weighted by molar-refractivity contribution is -0.141. The highest BCUT2D eigenvalue weighted by Gasteiger charge is 2.38. The van der Waals surface area contributed by atoms with Crippen LogP contribution in [0, 0.1) is 5.92 Å². The van der Waals surface area contributed by atoms with E-state index in [1.807, 2.05) is 24.3 Å². The number of carbonyl (C=O) groups is 2. The van der Waals surface area contributed by atoms with Gasteiger partial charge < -0.3 is 20.5 Å². The number of hydrogen-bond acceptors (Lipinski definition) is 4. The van der Waals surface area contributed by atoms with Crippen molar-refractivity contribution >= 4 is 12.1 Å². The number of ether oxygens (including phenoxy) is 1. The molecule has 1 fully saturated rings. The minimum absolute atomic E-state index is 0.0158. The SMILES string of the molecule is N[C@@H]1CN(C(=O)OCC2c3ccccc3-c3ccccc32)CC1C(=O)O. The summed E-state index contributed by atoms with van der Waals surface area (Å²) >= 11 is 0. The summed E-state index contributed by atoms with van der Waals surface area (Å²) in [6.45, 7) is 0.511. The Kier molecular flexibility index (Phi) is 4.12. The van der Waals surface area contributed by atoms with E-state index in [1.165, 1.54) is 16.0 Å². The maximum Gasteiger partial charge on any atom is 0.409 e. The second-order valence-electron chi connectivity index (χ2n) is 6.82. The smallest absolute Gasteiger partial charge is 0.409 e. The van der Waals surface area contributed by atoms with Crippen molar-refractivity contribution in [2.45, 2.75) is 12.0 Å². The van der Waals surface area contributed by atoms with Crippen LogP contribution in [0.5, 0.6) is 0 Å². The first-order chi connectivity index (χ1) is 12.6. The maximum atomic E-state index is 12.4. The summed E-state index contributed by atoms with van der Waals surface area (Å²) in [7, 11) is 0. The van der Waals surface area contributed by atoms with Crippen LogP contribution < -0.4 is 5.73 Å². The Morgan fingerprint density at radius 1 is 1.04 bits per heavy atom. The van der Waals surface area contributed by atoms with E-state index in [1.54, 1.807) is 0 Å². The molecule has 0 bridgehead atoms. The number of carbonyl (C=O) groups excluding carboxylic acids is 1. The molecule has 1 saturated heterocycles. The van der Waals surface area contributed by atoms with Crippen molar-refractivity contribution in [1.29, 1.82) is 0 Å². The van der Waals surface area contributed by atoms with E-state index in [-0.39, 0.29) is 25.6 Å². The summed E-state index contributed by atoms with van der Waals surface area (Å²) in [5.41, 5.74) is 10.4. The van der Waals surface area contributed by atoms with Gasteiger partial charge in [0.2, 0.25) is 0 Å². The number of nitrogens with zero attached hydrogens (tertiary/aromatic N) is 1. The van der Waals surface area contributed by atoms with Gasteiger partial charge in [0.25, 0.3) is 0 Å². The fourth-order valence-corrected chi connectivity index (χ4v) is 3.92. The number of benzene rings is 2. The third-order valence-electron chi connectivity index (χ3n) is 5.28. The number of aliphatic carboxylic acids is 1. The zero-order chi connectivity index (χ0) is 18.3. The highest BCUT2D eigenvalue weighted by atomic mass is 16.6. The van der Waals surface area contributed by atoms with Crippen molar-refractivity contribution in [3.63, 3.8) is 0 Å². The first-order valence-electron chi connectivity index (χ1n) is 8.64. The van der Waals surface area contributed by atoms with E-state index < -0.39 is 24.0 Å². The lowest BCUT2D eigenvalue weighted by Crippen LogP contribution is -2.34. The first kappa shape index (κ1) is 16.6. The van der Waals surface area contributed by atoms with E-state index >= 15 is 0 Å². The molecule has 2 aromatic carbocycles. The van der Waals surface area contributed by atoms with Gasteiger partial charge in [0.1, 0.15) is 6.61 Å². The van der Waals surface area contributed by atoms with Crippen LogP contribution in [0.2, 0.25) is 0 Å². The molecule has 1 aliphatic heterocycles. The van der Waals surface area contributed by atoms with E-state index in [9.17, 15) is 9.59 Å². The molecule has 26 heavy (non-hydrogen) atoms. The van der Waals surface area contributed by atoms with Crippen molar-refractivity contribution in [3.8, 4) is 11.1 Å². The summed E-state index contributed by atoms with van der Waals surface area (Å²) < 4.78 is 5.54. The zero-order valence-electron chi connectivity index (χ0n) is 14.2.